The number of rotatable bonds is 2. The van der Waals surface area contributed by atoms with Crippen molar-refractivity contribution in [3.05, 3.63) is 42.1 Å². The highest BCUT2D eigenvalue weighted by Crippen LogP contribution is 2.21. The normalized spacial score (nSPS) is 12.7. The molecule has 1 atom stereocenters. The molecule has 0 amide bonds. The average Bonchev–Trinajstić information content (AvgIpc) is 2.67. The number of nitrogens with one attached hydrogen (secondary N) is 1. The summed E-state index contributed by atoms with van der Waals surface area (Å²) in [5.74, 6) is 0.394. The topological polar surface area (TPSA) is 54.7 Å². The Hall–Kier alpha value is -1.68. The van der Waals surface area contributed by atoms with Crippen LogP contribution in [0.5, 0.6) is 0 Å². The van der Waals surface area contributed by atoms with Gasteiger partial charge in [0.2, 0.25) is 0 Å². The molecular formula is C11H12FN3. The van der Waals surface area contributed by atoms with Crippen molar-refractivity contribution in [2.24, 2.45) is 5.73 Å². The number of benzene rings is 1. The molecule has 2 aromatic rings. The Morgan fingerprint density at radius 2 is 2.13 bits per heavy atom. The monoisotopic (exact) mass is 205 g/mol. The maximum absolute atomic E-state index is 13.4. The smallest absolute Gasteiger partial charge is 0.132 e. The predicted octanol–water partition coefficient (Wildman–Crippen LogP) is 2.24. The van der Waals surface area contributed by atoms with Gasteiger partial charge in [-0.3, -0.25) is 0 Å². The van der Waals surface area contributed by atoms with E-state index >= 15 is 0 Å². The zero-order chi connectivity index (χ0) is 10.8. The van der Waals surface area contributed by atoms with Gasteiger partial charge in [0.1, 0.15) is 11.6 Å². The minimum atomic E-state index is -0.266. The lowest BCUT2D eigenvalue weighted by atomic mass is 10.1. The summed E-state index contributed by atoms with van der Waals surface area (Å²) in [5, 5.41) is 0. The fourth-order valence-electron chi connectivity index (χ4n) is 1.38. The Labute approximate surface area is 87.2 Å². The Kier molecular flexibility index (Phi) is 2.51. The molecule has 3 N–H and O–H groups in total. The number of nitrogens with two attached hydrogens (primary N) is 1. The molecule has 0 aliphatic carbocycles. The van der Waals surface area contributed by atoms with Crippen LogP contribution in [0, 0.1) is 5.82 Å². The third kappa shape index (κ3) is 1.89. The van der Waals surface area contributed by atoms with Crippen LogP contribution in [-0.4, -0.2) is 9.97 Å². The molecule has 78 valence electrons. The molecule has 0 spiro atoms. The van der Waals surface area contributed by atoms with Crippen LogP contribution < -0.4 is 5.73 Å². The van der Waals surface area contributed by atoms with E-state index in [1.54, 1.807) is 24.4 Å². The van der Waals surface area contributed by atoms with E-state index in [0.717, 1.165) is 0 Å². The van der Waals surface area contributed by atoms with Gasteiger partial charge in [0.25, 0.3) is 0 Å². The highest BCUT2D eigenvalue weighted by molar-refractivity contribution is 5.59. The number of aromatic amines is 1. The van der Waals surface area contributed by atoms with Gasteiger partial charge < -0.3 is 10.7 Å². The van der Waals surface area contributed by atoms with Gasteiger partial charge in [0.05, 0.1) is 17.9 Å². The van der Waals surface area contributed by atoms with Crippen molar-refractivity contribution in [1.29, 1.82) is 0 Å². The molecule has 0 bridgehead atoms. The molecule has 3 nitrogen and oxygen atoms in total. The third-order valence-corrected chi connectivity index (χ3v) is 2.19. The van der Waals surface area contributed by atoms with Crippen molar-refractivity contribution in [2.75, 3.05) is 0 Å². The van der Waals surface area contributed by atoms with Crippen LogP contribution >= 0.6 is 0 Å². The zero-order valence-corrected chi connectivity index (χ0v) is 8.37. The maximum Gasteiger partial charge on any atom is 0.132 e. The number of H-pyrrole nitrogens is 1. The minimum Gasteiger partial charge on any atom is -0.341 e. The molecule has 0 saturated carbocycles. The second-order valence-electron chi connectivity index (χ2n) is 3.45. The van der Waals surface area contributed by atoms with Crippen molar-refractivity contribution < 1.29 is 4.39 Å². The van der Waals surface area contributed by atoms with Crippen LogP contribution in [-0.2, 0) is 0 Å². The Morgan fingerprint density at radius 3 is 2.73 bits per heavy atom. The molecule has 1 aromatic carbocycles. The standard InChI is InChI=1S/C11H12FN3/c1-7(13)11-14-6-10(15-11)8-4-2-3-5-9(8)12/h2-7H,13H2,1H3,(H,14,15). The fraction of sp³-hybridized carbons (Fsp3) is 0.182. The molecule has 0 aliphatic rings. The molecule has 0 radical (unpaired) electrons. The van der Waals surface area contributed by atoms with E-state index in [0.29, 0.717) is 17.1 Å². The highest BCUT2D eigenvalue weighted by Gasteiger charge is 2.09. The predicted molar refractivity (Wildman–Crippen MR) is 56.6 cm³/mol. The van der Waals surface area contributed by atoms with Crippen LogP contribution in [0.25, 0.3) is 11.3 Å². The lowest BCUT2D eigenvalue weighted by molar-refractivity contribution is 0.630. The van der Waals surface area contributed by atoms with Crippen molar-refractivity contribution in [2.45, 2.75) is 13.0 Å². The number of nitrogens with zero attached hydrogens (tertiary/aromatic N) is 1. The van der Waals surface area contributed by atoms with E-state index in [1.807, 2.05) is 6.92 Å². The second-order valence-corrected chi connectivity index (χ2v) is 3.45. The van der Waals surface area contributed by atoms with Gasteiger partial charge in [0.15, 0.2) is 0 Å². The SMILES string of the molecule is CC(N)c1ncc(-c2ccccc2F)[nH]1. The van der Waals surface area contributed by atoms with Gasteiger partial charge in [-0.25, -0.2) is 9.37 Å². The quantitative estimate of drug-likeness (QED) is 0.789. The summed E-state index contributed by atoms with van der Waals surface area (Å²) in [6, 6.07) is 6.38. The maximum atomic E-state index is 13.4. The van der Waals surface area contributed by atoms with Gasteiger partial charge in [0, 0.05) is 5.56 Å². The summed E-state index contributed by atoms with van der Waals surface area (Å²) in [5.41, 5.74) is 6.82. The number of imidazole rings is 1. The molecule has 2 rings (SSSR count). The van der Waals surface area contributed by atoms with Gasteiger partial charge in [-0.15, -0.1) is 0 Å². The summed E-state index contributed by atoms with van der Waals surface area (Å²) >= 11 is 0. The van der Waals surface area contributed by atoms with Gasteiger partial charge >= 0.3 is 0 Å². The number of aromatic nitrogens is 2. The molecule has 1 heterocycles. The summed E-state index contributed by atoms with van der Waals surface area (Å²) < 4.78 is 13.4. The molecule has 0 saturated heterocycles. The number of hydrogen-bond acceptors (Lipinski definition) is 2. The molecule has 15 heavy (non-hydrogen) atoms. The first-order chi connectivity index (χ1) is 7.18. The summed E-state index contributed by atoms with van der Waals surface area (Å²) in [7, 11) is 0. The molecule has 0 aliphatic heterocycles. The van der Waals surface area contributed by atoms with Gasteiger partial charge in [-0.1, -0.05) is 12.1 Å². The van der Waals surface area contributed by atoms with Crippen molar-refractivity contribution in [1.82, 2.24) is 9.97 Å². The second kappa shape index (κ2) is 3.82. The zero-order valence-electron chi connectivity index (χ0n) is 8.37. The van der Waals surface area contributed by atoms with E-state index in [2.05, 4.69) is 9.97 Å². The highest BCUT2D eigenvalue weighted by atomic mass is 19.1. The van der Waals surface area contributed by atoms with E-state index in [9.17, 15) is 4.39 Å². The molecule has 0 fully saturated rings. The lowest BCUT2D eigenvalue weighted by Crippen LogP contribution is -2.06. The molecular weight excluding hydrogens is 193 g/mol. The van der Waals surface area contributed by atoms with Gasteiger partial charge in [-0.05, 0) is 19.1 Å². The van der Waals surface area contributed by atoms with Crippen LogP contribution in [0.4, 0.5) is 4.39 Å². The molecule has 1 unspecified atom stereocenters. The third-order valence-electron chi connectivity index (χ3n) is 2.19. The summed E-state index contributed by atoms with van der Waals surface area (Å²) in [6.45, 7) is 1.82. The Bertz CT molecular complexity index is 462. The van der Waals surface area contributed by atoms with E-state index in [1.165, 1.54) is 6.07 Å². The van der Waals surface area contributed by atoms with Crippen molar-refractivity contribution in [3.8, 4) is 11.3 Å². The van der Waals surface area contributed by atoms with E-state index in [4.69, 9.17) is 5.73 Å². The summed E-state index contributed by atoms with van der Waals surface area (Å²) in [6.07, 6.45) is 1.59. The lowest BCUT2D eigenvalue weighted by Gasteiger charge is -2.00. The van der Waals surface area contributed by atoms with E-state index in [-0.39, 0.29) is 11.9 Å². The van der Waals surface area contributed by atoms with Crippen LogP contribution in [0.3, 0.4) is 0 Å². The largest absolute Gasteiger partial charge is 0.341 e. The number of hydrogen-bond donors (Lipinski definition) is 2. The first-order valence-electron chi connectivity index (χ1n) is 4.74. The van der Waals surface area contributed by atoms with E-state index < -0.39 is 0 Å². The Balaban J connectivity index is 2.42. The van der Waals surface area contributed by atoms with Crippen LogP contribution in [0.15, 0.2) is 30.5 Å². The molecule has 4 heteroatoms. The number of halogens is 1. The van der Waals surface area contributed by atoms with Crippen LogP contribution in [0.1, 0.15) is 18.8 Å². The first-order valence-corrected chi connectivity index (χ1v) is 4.74. The van der Waals surface area contributed by atoms with Gasteiger partial charge in [-0.2, -0.15) is 0 Å². The van der Waals surface area contributed by atoms with Crippen molar-refractivity contribution in [3.63, 3.8) is 0 Å². The van der Waals surface area contributed by atoms with Crippen molar-refractivity contribution >= 4 is 0 Å². The van der Waals surface area contributed by atoms with Crippen LogP contribution in [0.2, 0.25) is 0 Å². The minimum absolute atomic E-state index is 0.175. The fourth-order valence-corrected chi connectivity index (χ4v) is 1.38. The first kappa shape index (κ1) is 9.86. The average molecular weight is 205 g/mol. The summed E-state index contributed by atoms with van der Waals surface area (Å²) in [4.78, 5) is 7.08. The molecule has 1 aromatic heterocycles. The Morgan fingerprint density at radius 1 is 1.40 bits per heavy atom.